The third kappa shape index (κ3) is 3.83. The fourth-order valence-corrected chi connectivity index (χ4v) is 3.41. The van der Waals surface area contributed by atoms with Gasteiger partial charge in [0, 0.05) is 37.7 Å². The van der Waals surface area contributed by atoms with Crippen LogP contribution in [-0.4, -0.2) is 37.4 Å². The number of nitrogens with zero attached hydrogens (tertiary/aromatic N) is 5. The zero-order valence-corrected chi connectivity index (χ0v) is 15.3. The minimum atomic E-state index is -0.807. The molecule has 0 saturated carbocycles. The van der Waals surface area contributed by atoms with Crippen molar-refractivity contribution in [3.8, 4) is 11.4 Å². The molecule has 0 aliphatic rings. The largest absolute Gasteiger partial charge is 0.313 e. The second kappa shape index (κ2) is 7.67. The average Bonchev–Trinajstić information content (AvgIpc) is 3.02. The second-order valence-corrected chi connectivity index (χ2v) is 7.04. The summed E-state index contributed by atoms with van der Waals surface area (Å²) in [6.07, 6.45) is 3.39. The monoisotopic (exact) mass is 373 g/mol. The van der Waals surface area contributed by atoms with E-state index in [1.165, 1.54) is 4.90 Å². The maximum absolute atomic E-state index is 12.5. The maximum atomic E-state index is 12.5. The van der Waals surface area contributed by atoms with Gasteiger partial charge in [0.1, 0.15) is 0 Å². The van der Waals surface area contributed by atoms with Crippen LogP contribution in [0.25, 0.3) is 11.4 Å². The van der Waals surface area contributed by atoms with Crippen LogP contribution in [0.4, 0.5) is 5.69 Å². The number of aromatic nitrogens is 4. The van der Waals surface area contributed by atoms with Crippen LogP contribution in [0.5, 0.6) is 0 Å². The first-order valence-electron chi connectivity index (χ1n) is 7.51. The van der Waals surface area contributed by atoms with E-state index in [0.29, 0.717) is 11.0 Å². The summed E-state index contributed by atoms with van der Waals surface area (Å²) < 4.78 is 1.00. The summed E-state index contributed by atoms with van der Waals surface area (Å²) in [5, 5.41) is 8.90. The lowest BCUT2D eigenvalue weighted by molar-refractivity contribution is -0.116. The van der Waals surface area contributed by atoms with E-state index in [1.54, 1.807) is 19.4 Å². The molecule has 0 N–H and O–H groups in total. The van der Waals surface area contributed by atoms with Crippen molar-refractivity contribution in [1.29, 1.82) is 0 Å². The summed E-state index contributed by atoms with van der Waals surface area (Å²) in [7, 11) is 3.54. The molecule has 3 aromatic rings. The number of carbonyl (C=O) groups is 1. The van der Waals surface area contributed by atoms with E-state index in [-0.39, 0.29) is 5.91 Å². The molecule has 1 aromatic carbocycles. The van der Waals surface area contributed by atoms with Gasteiger partial charge in [-0.25, -0.2) is 0 Å². The van der Waals surface area contributed by atoms with Crippen LogP contribution in [0.3, 0.4) is 0 Å². The molecule has 2 heterocycles. The number of anilines is 1. The molecular formula is C17H16ClN5OS. The minimum absolute atomic E-state index is 0.216. The molecular weight excluding hydrogens is 358 g/mol. The number of halogens is 1. The first kappa shape index (κ1) is 17.4. The number of thioether (sulfide) groups is 1. The van der Waals surface area contributed by atoms with Crippen LogP contribution in [0.15, 0.2) is 60.0 Å². The van der Waals surface area contributed by atoms with Crippen molar-refractivity contribution in [3.63, 3.8) is 0 Å². The van der Waals surface area contributed by atoms with Crippen molar-refractivity contribution in [2.24, 2.45) is 7.05 Å². The van der Waals surface area contributed by atoms with Gasteiger partial charge in [-0.15, -0.1) is 10.2 Å². The van der Waals surface area contributed by atoms with Crippen molar-refractivity contribution in [1.82, 2.24) is 19.7 Å². The average molecular weight is 374 g/mol. The number of carbonyl (C=O) groups excluding carboxylic acids is 1. The minimum Gasteiger partial charge on any atom is -0.313 e. The highest BCUT2D eigenvalue weighted by Crippen LogP contribution is 2.29. The van der Waals surface area contributed by atoms with E-state index >= 15 is 0 Å². The molecule has 1 amide bonds. The number of hydrogen-bond acceptors (Lipinski definition) is 5. The van der Waals surface area contributed by atoms with E-state index in [1.807, 2.05) is 54.1 Å². The number of alkyl halides is 1. The second-order valence-electron chi connectivity index (χ2n) is 5.27. The summed E-state index contributed by atoms with van der Waals surface area (Å²) in [4.78, 5) is 18.1. The van der Waals surface area contributed by atoms with Gasteiger partial charge in [0.15, 0.2) is 15.7 Å². The quantitative estimate of drug-likeness (QED) is 0.507. The van der Waals surface area contributed by atoms with Crippen LogP contribution in [0.1, 0.15) is 0 Å². The van der Waals surface area contributed by atoms with Crippen molar-refractivity contribution in [2.45, 2.75) is 9.87 Å². The molecule has 0 aliphatic carbocycles. The molecule has 3 rings (SSSR count). The lowest BCUT2D eigenvalue weighted by atomic mass is 10.2. The van der Waals surface area contributed by atoms with Gasteiger partial charge < -0.3 is 9.47 Å². The van der Waals surface area contributed by atoms with Crippen molar-refractivity contribution in [3.05, 3.63) is 54.9 Å². The van der Waals surface area contributed by atoms with Crippen LogP contribution < -0.4 is 4.90 Å². The number of pyridine rings is 1. The van der Waals surface area contributed by atoms with Crippen molar-refractivity contribution in [2.75, 3.05) is 11.9 Å². The Labute approximate surface area is 154 Å². The Morgan fingerprint density at radius 1 is 1.16 bits per heavy atom. The van der Waals surface area contributed by atoms with Gasteiger partial charge in [-0.1, -0.05) is 41.6 Å². The summed E-state index contributed by atoms with van der Waals surface area (Å²) >= 11 is 7.48. The number of amides is 1. The zero-order chi connectivity index (χ0) is 17.8. The Morgan fingerprint density at radius 3 is 2.52 bits per heavy atom. The summed E-state index contributed by atoms with van der Waals surface area (Å²) in [5.41, 5.74) is 1.69. The number of para-hydroxylation sites is 1. The highest BCUT2D eigenvalue weighted by Gasteiger charge is 2.24. The maximum Gasteiger partial charge on any atom is 0.255 e. The zero-order valence-electron chi connectivity index (χ0n) is 13.7. The number of hydrogen-bond donors (Lipinski definition) is 0. The third-order valence-electron chi connectivity index (χ3n) is 3.65. The van der Waals surface area contributed by atoms with Gasteiger partial charge in [-0.3, -0.25) is 9.78 Å². The van der Waals surface area contributed by atoms with E-state index in [2.05, 4.69) is 15.2 Å². The van der Waals surface area contributed by atoms with Gasteiger partial charge in [0.05, 0.1) is 0 Å². The van der Waals surface area contributed by atoms with Gasteiger partial charge in [0.2, 0.25) is 0 Å². The Kier molecular flexibility index (Phi) is 5.35. The summed E-state index contributed by atoms with van der Waals surface area (Å²) in [6, 6.07) is 13.1. The molecule has 2 aromatic heterocycles. The van der Waals surface area contributed by atoms with Crippen LogP contribution in [0.2, 0.25) is 0 Å². The summed E-state index contributed by atoms with van der Waals surface area (Å²) in [6.45, 7) is 0. The highest BCUT2D eigenvalue weighted by atomic mass is 35.5. The van der Waals surface area contributed by atoms with Crippen LogP contribution in [-0.2, 0) is 11.8 Å². The first-order valence-corrected chi connectivity index (χ1v) is 8.82. The topological polar surface area (TPSA) is 63.9 Å². The number of benzene rings is 1. The lowest BCUT2D eigenvalue weighted by Crippen LogP contribution is -2.32. The molecule has 0 spiro atoms. The molecule has 0 aliphatic heterocycles. The summed E-state index contributed by atoms with van der Waals surface area (Å²) in [5.74, 6) is 0.476. The molecule has 1 atom stereocenters. The molecule has 128 valence electrons. The SMILES string of the molecule is CN(C(=O)C(Cl)Sc1nnc(-c2ccncc2)n1C)c1ccccc1. The normalized spacial score (nSPS) is 12.0. The molecule has 8 heteroatoms. The fourth-order valence-electron chi connectivity index (χ4n) is 2.24. The Hall–Kier alpha value is -2.38. The van der Waals surface area contributed by atoms with Crippen molar-refractivity contribution >= 4 is 35.0 Å². The van der Waals surface area contributed by atoms with Crippen LogP contribution in [0, 0.1) is 0 Å². The van der Waals surface area contributed by atoms with Gasteiger partial charge in [-0.2, -0.15) is 0 Å². The van der Waals surface area contributed by atoms with Gasteiger partial charge >= 0.3 is 0 Å². The van der Waals surface area contributed by atoms with Gasteiger partial charge in [0.25, 0.3) is 5.91 Å². The Balaban J connectivity index is 1.74. The standard InChI is InChI=1S/C17H16ClN5OS/c1-22(13-6-4-3-5-7-13)16(24)14(18)25-17-21-20-15(23(17)2)12-8-10-19-11-9-12/h3-11,14H,1-2H3. The smallest absolute Gasteiger partial charge is 0.255 e. The molecule has 0 saturated heterocycles. The molecule has 0 bridgehead atoms. The number of rotatable bonds is 5. The molecule has 0 fully saturated rings. The third-order valence-corrected chi connectivity index (χ3v) is 5.08. The van der Waals surface area contributed by atoms with E-state index in [0.717, 1.165) is 23.0 Å². The first-order chi connectivity index (χ1) is 12.1. The van der Waals surface area contributed by atoms with E-state index < -0.39 is 4.71 Å². The van der Waals surface area contributed by atoms with Crippen LogP contribution >= 0.6 is 23.4 Å². The Bertz CT molecular complexity index is 856. The fraction of sp³-hybridized carbons (Fsp3) is 0.176. The van der Waals surface area contributed by atoms with E-state index in [4.69, 9.17) is 11.6 Å². The highest BCUT2D eigenvalue weighted by molar-refractivity contribution is 8.01. The predicted molar refractivity (Wildman–Crippen MR) is 99.6 cm³/mol. The van der Waals surface area contributed by atoms with Gasteiger partial charge in [-0.05, 0) is 24.3 Å². The molecule has 1 unspecified atom stereocenters. The molecule has 25 heavy (non-hydrogen) atoms. The Morgan fingerprint density at radius 2 is 1.84 bits per heavy atom. The predicted octanol–water partition coefficient (Wildman–Crippen LogP) is 3.20. The lowest BCUT2D eigenvalue weighted by Gasteiger charge is -2.19. The molecule has 0 radical (unpaired) electrons. The van der Waals surface area contributed by atoms with Crippen molar-refractivity contribution < 1.29 is 4.79 Å². The molecule has 6 nitrogen and oxygen atoms in total. The van der Waals surface area contributed by atoms with E-state index in [9.17, 15) is 4.79 Å².